The van der Waals surface area contributed by atoms with Crippen molar-refractivity contribution in [1.29, 1.82) is 0 Å². The molecule has 0 bridgehead atoms. The lowest BCUT2D eigenvalue weighted by atomic mass is 9.79. The smallest absolute Gasteiger partial charge is 0.0747 e. The molecule has 7 aromatic carbocycles. The van der Waals surface area contributed by atoms with Crippen LogP contribution >= 0.6 is 0 Å². The summed E-state index contributed by atoms with van der Waals surface area (Å²) in [6.07, 6.45) is 17.3. The minimum atomic E-state index is 0.202. The molecule has 2 nitrogen and oxygen atoms in total. The Hall–Kier alpha value is -6.90. The normalized spacial score (nSPS) is 15.8. The number of pyridine rings is 2. The molecule has 0 amide bonds. The number of aromatic nitrogens is 2. The van der Waals surface area contributed by atoms with Gasteiger partial charge in [-0.2, -0.15) is 0 Å². The van der Waals surface area contributed by atoms with E-state index in [2.05, 4.69) is 175 Å². The Labute approximate surface area is 332 Å². The molecule has 268 valence electrons. The molecule has 2 heteroatoms. The number of nitrogens with zero attached hydrogens (tertiary/aromatic N) is 2. The lowest BCUT2D eigenvalue weighted by molar-refractivity contribution is 0.870. The van der Waals surface area contributed by atoms with Crippen LogP contribution in [0.15, 0.2) is 170 Å². The molecular formula is C55H38N2. The summed E-state index contributed by atoms with van der Waals surface area (Å²) in [6.45, 7) is 0. The van der Waals surface area contributed by atoms with Crippen molar-refractivity contribution in [3.63, 3.8) is 0 Å². The van der Waals surface area contributed by atoms with Crippen LogP contribution in [0, 0.1) is 0 Å². The Morgan fingerprint density at radius 1 is 0.561 bits per heavy atom. The zero-order chi connectivity index (χ0) is 37.5. The molecule has 0 N–H and O–H groups in total. The molecule has 0 fully saturated rings. The van der Waals surface area contributed by atoms with Gasteiger partial charge in [-0.1, -0.05) is 133 Å². The van der Waals surface area contributed by atoms with E-state index in [0.717, 1.165) is 36.9 Å². The van der Waals surface area contributed by atoms with E-state index < -0.39 is 0 Å². The zero-order valence-corrected chi connectivity index (χ0v) is 31.5. The van der Waals surface area contributed by atoms with Gasteiger partial charge in [-0.15, -0.1) is 0 Å². The van der Waals surface area contributed by atoms with Gasteiger partial charge in [0.25, 0.3) is 0 Å². The highest BCUT2D eigenvalue weighted by Gasteiger charge is 2.28. The molecule has 12 rings (SSSR count). The Morgan fingerprint density at radius 3 is 2.25 bits per heavy atom. The van der Waals surface area contributed by atoms with Gasteiger partial charge in [0, 0.05) is 35.7 Å². The minimum Gasteiger partial charge on any atom is -0.264 e. The van der Waals surface area contributed by atoms with Crippen LogP contribution in [0.1, 0.15) is 57.8 Å². The van der Waals surface area contributed by atoms with Crippen LogP contribution in [-0.4, -0.2) is 9.97 Å². The summed E-state index contributed by atoms with van der Waals surface area (Å²) < 4.78 is 0. The summed E-state index contributed by atoms with van der Waals surface area (Å²) in [4.78, 5) is 9.91. The van der Waals surface area contributed by atoms with Crippen LogP contribution in [0.3, 0.4) is 0 Å². The second kappa shape index (κ2) is 12.8. The minimum absolute atomic E-state index is 0.202. The average Bonchev–Trinajstić information content (AvgIpc) is 3.40. The first-order chi connectivity index (χ1) is 28.2. The van der Waals surface area contributed by atoms with Crippen molar-refractivity contribution in [2.24, 2.45) is 0 Å². The van der Waals surface area contributed by atoms with E-state index in [0.29, 0.717) is 0 Å². The SMILES string of the molecule is C1=Cc2ccc(-c3c4ccccc4c(-c4ccc5ccccc5c4)c4ccc(C5C=CC6=C(C5)c5ccncc5Cc5cc7ccccc7nc56)cc34)cc2CC1. The van der Waals surface area contributed by atoms with E-state index in [1.165, 1.54) is 104 Å². The third kappa shape index (κ3) is 5.25. The fraction of sp³-hybridized carbons (Fsp3) is 0.0909. The number of rotatable bonds is 3. The van der Waals surface area contributed by atoms with Gasteiger partial charge in [-0.3, -0.25) is 4.98 Å². The molecule has 0 aliphatic heterocycles. The van der Waals surface area contributed by atoms with Crippen LogP contribution in [0.5, 0.6) is 0 Å². The van der Waals surface area contributed by atoms with Gasteiger partial charge in [0.1, 0.15) is 0 Å². The summed E-state index contributed by atoms with van der Waals surface area (Å²) in [6, 6.07) is 52.2. The van der Waals surface area contributed by atoms with Crippen molar-refractivity contribution in [3.05, 3.63) is 209 Å². The van der Waals surface area contributed by atoms with Gasteiger partial charge in [-0.25, -0.2) is 4.98 Å². The lowest BCUT2D eigenvalue weighted by Crippen LogP contribution is -2.06. The second-order valence-corrected chi connectivity index (χ2v) is 16.0. The van der Waals surface area contributed by atoms with Crippen molar-refractivity contribution < 1.29 is 0 Å². The Bertz CT molecular complexity index is 3250. The molecule has 57 heavy (non-hydrogen) atoms. The molecule has 9 aromatic rings. The molecule has 0 radical (unpaired) electrons. The number of fused-ring (bicyclic) bond motifs is 9. The summed E-state index contributed by atoms with van der Waals surface area (Å²) in [5.74, 6) is 0.202. The predicted molar refractivity (Wildman–Crippen MR) is 239 cm³/mol. The molecule has 0 saturated carbocycles. The topological polar surface area (TPSA) is 25.8 Å². The maximum atomic E-state index is 5.31. The van der Waals surface area contributed by atoms with E-state index in [9.17, 15) is 0 Å². The highest BCUT2D eigenvalue weighted by atomic mass is 14.7. The summed E-state index contributed by atoms with van der Waals surface area (Å²) in [5, 5.41) is 8.87. The molecule has 1 atom stereocenters. The number of hydrogen-bond donors (Lipinski definition) is 0. The van der Waals surface area contributed by atoms with Crippen molar-refractivity contribution in [2.45, 2.75) is 31.6 Å². The van der Waals surface area contributed by atoms with Crippen molar-refractivity contribution in [2.75, 3.05) is 0 Å². The average molecular weight is 727 g/mol. The summed E-state index contributed by atoms with van der Waals surface area (Å²) >= 11 is 0. The first-order valence-electron chi connectivity index (χ1n) is 20.2. The first-order valence-corrected chi connectivity index (χ1v) is 20.2. The quantitative estimate of drug-likeness (QED) is 0.169. The van der Waals surface area contributed by atoms with Gasteiger partial charge in [0.2, 0.25) is 0 Å². The number of para-hydroxylation sites is 1. The Morgan fingerprint density at radius 2 is 1.33 bits per heavy atom. The van der Waals surface area contributed by atoms with Crippen LogP contribution < -0.4 is 0 Å². The molecular weight excluding hydrogens is 689 g/mol. The van der Waals surface area contributed by atoms with Crippen molar-refractivity contribution in [3.8, 4) is 22.3 Å². The third-order valence-electron chi connectivity index (χ3n) is 12.7. The predicted octanol–water partition coefficient (Wildman–Crippen LogP) is 13.9. The fourth-order valence-corrected chi connectivity index (χ4v) is 9.99. The molecule has 1 unspecified atom stereocenters. The number of aryl methyl sites for hydroxylation is 1. The third-order valence-corrected chi connectivity index (χ3v) is 12.7. The first kappa shape index (κ1) is 32.4. The molecule has 2 heterocycles. The summed E-state index contributed by atoms with van der Waals surface area (Å²) in [5.41, 5.74) is 17.8. The molecule has 0 saturated heterocycles. The lowest BCUT2D eigenvalue weighted by Gasteiger charge is -2.25. The fourth-order valence-electron chi connectivity index (χ4n) is 9.99. The van der Waals surface area contributed by atoms with Crippen LogP contribution in [0.25, 0.3) is 82.7 Å². The van der Waals surface area contributed by atoms with Gasteiger partial charge >= 0.3 is 0 Å². The van der Waals surface area contributed by atoms with Gasteiger partial charge in [-0.05, 0) is 143 Å². The molecule has 3 aliphatic rings. The summed E-state index contributed by atoms with van der Waals surface area (Å²) in [7, 11) is 0. The van der Waals surface area contributed by atoms with Gasteiger partial charge < -0.3 is 0 Å². The molecule has 0 spiro atoms. The van der Waals surface area contributed by atoms with Crippen LogP contribution in [-0.2, 0) is 12.8 Å². The van der Waals surface area contributed by atoms with E-state index in [1.807, 2.05) is 6.20 Å². The van der Waals surface area contributed by atoms with Gasteiger partial charge in [0.15, 0.2) is 0 Å². The largest absolute Gasteiger partial charge is 0.264 e. The standard InChI is InChI=1S/C55H38N2/c1-3-11-36-27-41(19-17-34(36)9-1)53-46-14-6-7-15-47(46)54(42-20-18-35-10-2-4-12-37(35)28-42)51-32-39(21-23-48(51)53)38-22-24-49-50(31-38)45-25-26-56-33-44(45)30-43-29-40-13-5-8-16-52(40)57-55(43)49/h1-3,5-11,13-29,32-33,38H,4,12,30-31H2. The maximum absolute atomic E-state index is 5.31. The van der Waals surface area contributed by atoms with Gasteiger partial charge in [0.05, 0.1) is 11.2 Å². The number of allylic oxidation sites excluding steroid dienone is 5. The number of hydrogen-bond acceptors (Lipinski definition) is 2. The van der Waals surface area contributed by atoms with E-state index in [4.69, 9.17) is 4.98 Å². The zero-order valence-electron chi connectivity index (χ0n) is 31.5. The maximum Gasteiger partial charge on any atom is 0.0747 e. The second-order valence-electron chi connectivity index (χ2n) is 16.0. The van der Waals surface area contributed by atoms with E-state index in [1.54, 1.807) is 0 Å². The Balaban J connectivity index is 1.07. The molecule has 3 aliphatic carbocycles. The molecule has 2 aromatic heterocycles. The van der Waals surface area contributed by atoms with Crippen LogP contribution in [0.4, 0.5) is 0 Å². The highest BCUT2D eigenvalue weighted by Crippen LogP contribution is 2.48. The van der Waals surface area contributed by atoms with Crippen LogP contribution in [0.2, 0.25) is 0 Å². The van der Waals surface area contributed by atoms with Crippen molar-refractivity contribution in [1.82, 2.24) is 9.97 Å². The highest BCUT2D eigenvalue weighted by molar-refractivity contribution is 6.22. The monoisotopic (exact) mass is 726 g/mol. The van der Waals surface area contributed by atoms with Crippen molar-refractivity contribution >= 4 is 60.4 Å². The Kier molecular flexibility index (Phi) is 7.28. The van der Waals surface area contributed by atoms with E-state index >= 15 is 0 Å². The van der Waals surface area contributed by atoms with E-state index in [-0.39, 0.29) is 5.92 Å². The number of benzene rings is 7.